The fourth-order valence-corrected chi connectivity index (χ4v) is 2.18. The van der Waals surface area contributed by atoms with E-state index in [1.54, 1.807) is 0 Å². The lowest BCUT2D eigenvalue weighted by Crippen LogP contribution is -2.60. The molecule has 0 saturated carbocycles. The van der Waals surface area contributed by atoms with Crippen LogP contribution in [0.4, 0.5) is 0 Å². The number of nitrogens with one attached hydrogen (secondary N) is 1. The van der Waals surface area contributed by atoms with Gasteiger partial charge in [0.2, 0.25) is 5.91 Å². The number of nitrogens with zero attached hydrogens (tertiary/aromatic N) is 1. The Kier molecular flexibility index (Phi) is 1.82. The van der Waals surface area contributed by atoms with Crippen LogP contribution < -0.4 is 11.1 Å². The molecule has 1 aliphatic rings. The third-order valence-corrected chi connectivity index (χ3v) is 3.23. The van der Waals surface area contributed by atoms with Gasteiger partial charge in [-0.25, -0.2) is 0 Å². The summed E-state index contributed by atoms with van der Waals surface area (Å²) in [6.45, 7) is 0. The molecule has 0 spiro atoms. The smallest absolute Gasteiger partial charge is 0.239 e. The molecule has 1 saturated heterocycles. The summed E-state index contributed by atoms with van der Waals surface area (Å²) in [5, 5.41) is 3.98. The highest BCUT2D eigenvalue weighted by molar-refractivity contribution is 5.90. The number of nitrogens with two attached hydrogens (primary N) is 1. The molecule has 1 aromatic heterocycles. The van der Waals surface area contributed by atoms with E-state index in [1.807, 2.05) is 19.3 Å². The Bertz CT molecular complexity index is 573. The first-order valence-corrected chi connectivity index (χ1v) is 5.28. The van der Waals surface area contributed by atoms with E-state index in [9.17, 15) is 4.79 Å². The van der Waals surface area contributed by atoms with Crippen LogP contribution in [0.2, 0.25) is 0 Å². The summed E-state index contributed by atoms with van der Waals surface area (Å²) in [6, 6.07) is 7.79. The maximum atomic E-state index is 11.0. The van der Waals surface area contributed by atoms with Crippen molar-refractivity contribution >= 4 is 16.8 Å². The predicted octanol–water partition coefficient (Wildman–Crippen LogP) is 0.676. The van der Waals surface area contributed by atoms with Crippen molar-refractivity contribution in [2.75, 3.05) is 0 Å². The van der Waals surface area contributed by atoms with Crippen LogP contribution in [0, 0.1) is 0 Å². The van der Waals surface area contributed by atoms with Crippen LogP contribution in [0.5, 0.6) is 0 Å². The van der Waals surface area contributed by atoms with Crippen LogP contribution >= 0.6 is 0 Å². The van der Waals surface area contributed by atoms with Crippen molar-refractivity contribution in [1.29, 1.82) is 0 Å². The third kappa shape index (κ3) is 1.17. The molecule has 2 unspecified atom stereocenters. The highest BCUT2D eigenvalue weighted by Gasteiger charge is 2.36. The van der Waals surface area contributed by atoms with Gasteiger partial charge in [0.1, 0.15) is 6.04 Å². The van der Waals surface area contributed by atoms with Crippen molar-refractivity contribution in [2.45, 2.75) is 12.1 Å². The minimum Gasteiger partial charge on any atom is -0.351 e. The van der Waals surface area contributed by atoms with Crippen molar-refractivity contribution in [3.05, 3.63) is 36.0 Å². The lowest BCUT2D eigenvalue weighted by Gasteiger charge is -2.34. The zero-order valence-electron chi connectivity index (χ0n) is 8.97. The summed E-state index contributed by atoms with van der Waals surface area (Å²) in [4.78, 5) is 11.0. The molecule has 4 nitrogen and oxygen atoms in total. The average molecular weight is 215 g/mol. The van der Waals surface area contributed by atoms with Gasteiger partial charge >= 0.3 is 0 Å². The maximum Gasteiger partial charge on any atom is 0.239 e. The van der Waals surface area contributed by atoms with Crippen molar-refractivity contribution in [2.24, 2.45) is 12.8 Å². The van der Waals surface area contributed by atoms with Gasteiger partial charge in [-0.1, -0.05) is 6.07 Å². The van der Waals surface area contributed by atoms with Gasteiger partial charge in [0.25, 0.3) is 0 Å². The van der Waals surface area contributed by atoms with Gasteiger partial charge in [-0.2, -0.15) is 0 Å². The van der Waals surface area contributed by atoms with Crippen molar-refractivity contribution < 1.29 is 4.79 Å². The lowest BCUT2D eigenvalue weighted by molar-refractivity contribution is -0.130. The third-order valence-electron chi connectivity index (χ3n) is 3.23. The standard InChI is InChI=1S/C12H13N3O/c1-15-5-4-7-6-8(2-3-9(7)15)11-10(13)12(16)14-11/h2-6,10-11H,13H2,1H3,(H,14,16). The number of hydrogen-bond acceptors (Lipinski definition) is 2. The van der Waals surface area contributed by atoms with E-state index >= 15 is 0 Å². The van der Waals surface area contributed by atoms with E-state index in [0.29, 0.717) is 0 Å². The summed E-state index contributed by atoms with van der Waals surface area (Å²) in [5.41, 5.74) is 7.99. The fraction of sp³-hybridized carbons (Fsp3) is 0.250. The van der Waals surface area contributed by atoms with Gasteiger partial charge in [-0.3, -0.25) is 4.79 Å². The van der Waals surface area contributed by atoms with Crippen LogP contribution in [0.3, 0.4) is 0 Å². The number of hydrogen-bond donors (Lipinski definition) is 2. The number of carbonyl (C=O) groups is 1. The number of amides is 1. The highest BCUT2D eigenvalue weighted by atomic mass is 16.2. The predicted molar refractivity (Wildman–Crippen MR) is 61.8 cm³/mol. The second kappa shape index (κ2) is 3.09. The molecule has 82 valence electrons. The summed E-state index contributed by atoms with van der Waals surface area (Å²) in [6.07, 6.45) is 2.02. The number of β-lactam (4-membered cyclic amide) rings is 1. The second-order valence-corrected chi connectivity index (χ2v) is 4.26. The zero-order chi connectivity index (χ0) is 11.3. The number of rotatable bonds is 1. The molecule has 1 fully saturated rings. The largest absolute Gasteiger partial charge is 0.351 e. The van der Waals surface area contributed by atoms with E-state index in [-0.39, 0.29) is 11.9 Å². The molecule has 3 rings (SSSR count). The molecule has 0 radical (unpaired) electrons. The molecular weight excluding hydrogens is 202 g/mol. The minimum absolute atomic E-state index is 0.0305. The molecule has 2 aromatic rings. The first-order chi connectivity index (χ1) is 7.66. The fourth-order valence-electron chi connectivity index (χ4n) is 2.18. The van der Waals surface area contributed by atoms with Crippen molar-refractivity contribution in [1.82, 2.24) is 9.88 Å². The Morgan fingerprint density at radius 1 is 1.38 bits per heavy atom. The van der Waals surface area contributed by atoms with E-state index in [0.717, 1.165) is 5.56 Å². The monoisotopic (exact) mass is 215 g/mol. The molecule has 1 aliphatic heterocycles. The summed E-state index contributed by atoms with van der Waals surface area (Å²) in [7, 11) is 2.01. The Hall–Kier alpha value is -1.81. The normalized spacial score (nSPS) is 24.2. The zero-order valence-corrected chi connectivity index (χ0v) is 8.97. The van der Waals surface area contributed by atoms with Crippen LogP contribution in [-0.2, 0) is 11.8 Å². The Labute approximate surface area is 93.0 Å². The molecule has 2 atom stereocenters. The van der Waals surface area contributed by atoms with E-state index < -0.39 is 6.04 Å². The molecule has 1 aromatic carbocycles. The number of aryl methyl sites for hydroxylation is 1. The Morgan fingerprint density at radius 2 is 2.19 bits per heavy atom. The first kappa shape index (κ1) is 9.42. The minimum atomic E-state index is -0.402. The van der Waals surface area contributed by atoms with E-state index in [2.05, 4.69) is 28.1 Å². The summed E-state index contributed by atoms with van der Waals surface area (Å²) in [5.74, 6) is -0.0711. The van der Waals surface area contributed by atoms with Crippen molar-refractivity contribution in [3.63, 3.8) is 0 Å². The quantitative estimate of drug-likeness (QED) is 0.687. The number of fused-ring (bicyclic) bond motifs is 1. The number of carbonyl (C=O) groups excluding carboxylic acids is 1. The maximum absolute atomic E-state index is 11.0. The van der Waals surface area contributed by atoms with E-state index in [4.69, 9.17) is 5.73 Å². The first-order valence-electron chi connectivity index (χ1n) is 5.28. The van der Waals surface area contributed by atoms with Crippen LogP contribution in [0.25, 0.3) is 10.9 Å². The SMILES string of the molecule is Cn1ccc2cc(C3NC(=O)C3N)ccc21. The van der Waals surface area contributed by atoms with Crippen molar-refractivity contribution in [3.8, 4) is 0 Å². The van der Waals surface area contributed by atoms with Gasteiger partial charge in [-0.05, 0) is 29.1 Å². The lowest BCUT2D eigenvalue weighted by atomic mass is 9.92. The second-order valence-electron chi connectivity index (χ2n) is 4.26. The number of aromatic nitrogens is 1. The van der Waals surface area contributed by atoms with Gasteiger partial charge in [0.05, 0.1) is 6.04 Å². The highest BCUT2D eigenvalue weighted by Crippen LogP contribution is 2.26. The Balaban J connectivity index is 2.03. The van der Waals surface area contributed by atoms with E-state index in [1.165, 1.54) is 10.9 Å². The topological polar surface area (TPSA) is 60.0 Å². The molecule has 3 N–H and O–H groups in total. The molecule has 1 amide bonds. The molecule has 0 aliphatic carbocycles. The van der Waals surface area contributed by atoms with Crippen LogP contribution in [0.1, 0.15) is 11.6 Å². The molecule has 4 heteroatoms. The summed E-state index contributed by atoms with van der Waals surface area (Å²) >= 11 is 0. The van der Waals surface area contributed by atoms with Crippen LogP contribution in [-0.4, -0.2) is 16.5 Å². The molecule has 0 bridgehead atoms. The van der Waals surface area contributed by atoms with Crippen LogP contribution in [0.15, 0.2) is 30.5 Å². The molecule has 2 heterocycles. The molecular formula is C12H13N3O. The van der Waals surface area contributed by atoms with Gasteiger partial charge in [-0.15, -0.1) is 0 Å². The van der Waals surface area contributed by atoms with Gasteiger partial charge < -0.3 is 15.6 Å². The summed E-state index contributed by atoms with van der Waals surface area (Å²) < 4.78 is 2.07. The average Bonchev–Trinajstić information content (AvgIpc) is 2.67. The molecule has 16 heavy (non-hydrogen) atoms. The van der Waals surface area contributed by atoms with Gasteiger partial charge in [0, 0.05) is 18.8 Å². The Morgan fingerprint density at radius 3 is 2.88 bits per heavy atom. The number of benzene rings is 1. The van der Waals surface area contributed by atoms with Gasteiger partial charge in [0.15, 0.2) is 0 Å².